The maximum absolute atomic E-state index is 6.40. The number of halogens is 1. The van der Waals surface area contributed by atoms with Crippen LogP contribution in [0.2, 0.25) is 5.02 Å². The van der Waals surface area contributed by atoms with Crippen molar-refractivity contribution >= 4 is 11.6 Å². The summed E-state index contributed by atoms with van der Waals surface area (Å²) in [5.41, 5.74) is 3.54. The number of benzene rings is 1. The Hall–Kier alpha value is -1.32. The van der Waals surface area contributed by atoms with Gasteiger partial charge in [-0.1, -0.05) is 42.8 Å². The van der Waals surface area contributed by atoms with Crippen LogP contribution in [0, 0.1) is 6.92 Å². The van der Waals surface area contributed by atoms with Crippen LogP contribution in [0.1, 0.15) is 49.7 Å². The summed E-state index contributed by atoms with van der Waals surface area (Å²) in [6.45, 7) is 9.35. The molecule has 0 aliphatic heterocycles. The van der Waals surface area contributed by atoms with Gasteiger partial charge in [0, 0.05) is 6.04 Å². The van der Waals surface area contributed by atoms with E-state index in [1.165, 1.54) is 11.1 Å². The molecule has 1 N–H and O–H groups in total. The lowest BCUT2D eigenvalue weighted by atomic mass is 9.98. The number of aromatic nitrogens is 2. The Morgan fingerprint density at radius 3 is 2.60 bits per heavy atom. The molecule has 1 heterocycles. The van der Waals surface area contributed by atoms with E-state index in [0.29, 0.717) is 5.02 Å². The van der Waals surface area contributed by atoms with Gasteiger partial charge in [-0.3, -0.25) is 4.68 Å². The molecule has 0 saturated carbocycles. The van der Waals surface area contributed by atoms with E-state index in [4.69, 9.17) is 11.6 Å². The van der Waals surface area contributed by atoms with Gasteiger partial charge in [-0.25, -0.2) is 0 Å². The van der Waals surface area contributed by atoms with Crippen molar-refractivity contribution in [3.8, 4) is 0 Å². The lowest BCUT2D eigenvalue weighted by Crippen LogP contribution is -2.26. The second-order valence-electron chi connectivity index (χ2n) is 5.26. The third-order valence-corrected chi connectivity index (χ3v) is 3.75. The van der Waals surface area contributed by atoms with Crippen molar-refractivity contribution in [2.24, 2.45) is 0 Å². The molecule has 1 aromatic carbocycles. The zero-order chi connectivity index (χ0) is 14.7. The Morgan fingerprint density at radius 2 is 2.00 bits per heavy atom. The number of hydrogen-bond acceptors (Lipinski definition) is 2. The number of rotatable bonds is 5. The summed E-state index contributed by atoms with van der Waals surface area (Å²) in [5, 5.41) is 8.67. The van der Waals surface area contributed by atoms with Crippen molar-refractivity contribution in [1.29, 1.82) is 0 Å². The molecule has 4 heteroatoms. The molecule has 0 spiro atoms. The van der Waals surface area contributed by atoms with Crippen molar-refractivity contribution in [3.05, 3.63) is 52.3 Å². The third kappa shape index (κ3) is 2.89. The quantitative estimate of drug-likeness (QED) is 0.898. The minimum atomic E-state index is 0.0681. The maximum atomic E-state index is 6.40. The van der Waals surface area contributed by atoms with Gasteiger partial charge in [-0.2, -0.15) is 5.10 Å². The predicted molar refractivity (Wildman–Crippen MR) is 84.3 cm³/mol. The van der Waals surface area contributed by atoms with E-state index in [0.717, 1.165) is 12.2 Å². The number of aryl methyl sites for hydroxylation is 1. The van der Waals surface area contributed by atoms with E-state index in [9.17, 15) is 0 Å². The second-order valence-corrected chi connectivity index (χ2v) is 5.67. The summed E-state index contributed by atoms with van der Waals surface area (Å²) in [4.78, 5) is 0. The number of hydrogen-bond donors (Lipinski definition) is 1. The monoisotopic (exact) mass is 291 g/mol. The molecule has 3 nitrogen and oxygen atoms in total. The van der Waals surface area contributed by atoms with Crippen LogP contribution in [0.3, 0.4) is 0 Å². The highest BCUT2D eigenvalue weighted by molar-refractivity contribution is 6.31. The highest BCUT2D eigenvalue weighted by atomic mass is 35.5. The molecular weight excluding hydrogens is 270 g/mol. The first-order chi connectivity index (χ1) is 9.56. The summed E-state index contributed by atoms with van der Waals surface area (Å²) in [5.74, 6) is 0. The lowest BCUT2D eigenvalue weighted by molar-refractivity contribution is 0.476. The van der Waals surface area contributed by atoms with Crippen LogP contribution in [-0.4, -0.2) is 16.3 Å². The molecule has 0 amide bonds. The van der Waals surface area contributed by atoms with Crippen molar-refractivity contribution in [3.63, 3.8) is 0 Å². The fourth-order valence-corrected chi connectivity index (χ4v) is 2.74. The zero-order valence-corrected chi connectivity index (χ0v) is 13.3. The van der Waals surface area contributed by atoms with Crippen molar-refractivity contribution in [1.82, 2.24) is 15.1 Å². The second kappa shape index (κ2) is 6.42. The van der Waals surface area contributed by atoms with Gasteiger partial charge in [0.05, 0.1) is 23.0 Å². The van der Waals surface area contributed by atoms with E-state index >= 15 is 0 Å². The smallest absolute Gasteiger partial charge is 0.0837 e. The summed E-state index contributed by atoms with van der Waals surface area (Å²) in [7, 11) is 0. The largest absolute Gasteiger partial charge is 0.305 e. The molecular formula is C16H22ClN3. The molecule has 1 atom stereocenters. The average Bonchev–Trinajstić information content (AvgIpc) is 2.79. The van der Waals surface area contributed by atoms with Crippen LogP contribution < -0.4 is 5.32 Å². The first-order valence-corrected chi connectivity index (χ1v) is 7.45. The molecule has 0 bridgehead atoms. The molecule has 1 aromatic heterocycles. The summed E-state index contributed by atoms with van der Waals surface area (Å²) >= 11 is 6.40. The Labute approximate surface area is 126 Å². The Kier molecular flexibility index (Phi) is 4.84. The van der Waals surface area contributed by atoms with Gasteiger partial charge < -0.3 is 5.32 Å². The molecule has 0 radical (unpaired) electrons. The summed E-state index contributed by atoms with van der Waals surface area (Å²) in [6, 6.07) is 8.75. The van der Waals surface area contributed by atoms with Crippen LogP contribution >= 0.6 is 11.6 Å². The van der Waals surface area contributed by atoms with E-state index in [2.05, 4.69) is 62.4 Å². The third-order valence-electron chi connectivity index (χ3n) is 3.46. The van der Waals surface area contributed by atoms with Crippen LogP contribution in [0.5, 0.6) is 0 Å². The van der Waals surface area contributed by atoms with Crippen molar-refractivity contribution < 1.29 is 0 Å². The van der Waals surface area contributed by atoms with Crippen LogP contribution in [-0.2, 0) is 0 Å². The van der Waals surface area contributed by atoms with Gasteiger partial charge in [0.1, 0.15) is 0 Å². The molecule has 20 heavy (non-hydrogen) atoms. The molecule has 0 aliphatic carbocycles. The first-order valence-electron chi connectivity index (χ1n) is 7.08. The molecule has 2 rings (SSSR count). The molecule has 108 valence electrons. The highest BCUT2D eigenvalue weighted by Crippen LogP contribution is 2.31. The predicted octanol–water partition coefficient (Wildman–Crippen LogP) is 4.12. The molecule has 0 fully saturated rings. The van der Waals surface area contributed by atoms with Crippen molar-refractivity contribution in [2.75, 3.05) is 6.54 Å². The van der Waals surface area contributed by atoms with Gasteiger partial charge in [0.2, 0.25) is 0 Å². The number of nitrogens with one attached hydrogen (secondary N) is 1. The number of nitrogens with zero attached hydrogens (tertiary/aromatic N) is 2. The van der Waals surface area contributed by atoms with E-state index < -0.39 is 0 Å². The Bertz CT molecular complexity index is 575. The highest BCUT2D eigenvalue weighted by Gasteiger charge is 2.23. The van der Waals surface area contributed by atoms with Crippen molar-refractivity contribution in [2.45, 2.75) is 39.8 Å². The lowest BCUT2D eigenvalue weighted by Gasteiger charge is -2.23. The fourth-order valence-electron chi connectivity index (χ4n) is 2.50. The van der Waals surface area contributed by atoms with Gasteiger partial charge in [0.25, 0.3) is 0 Å². The first kappa shape index (κ1) is 15.1. The van der Waals surface area contributed by atoms with E-state index in [-0.39, 0.29) is 12.1 Å². The zero-order valence-electron chi connectivity index (χ0n) is 12.5. The van der Waals surface area contributed by atoms with Gasteiger partial charge >= 0.3 is 0 Å². The Balaban J connectivity index is 2.55. The maximum Gasteiger partial charge on any atom is 0.0837 e. The topological polar surface area (TPSA) is 29.9 Å². The van der Waals surface area contributed by atoms with Crippen LogP contribution in [0.25, 0.3) is 0 Å². The standard InChI is InChI=1S/C16H22ClN3/c1-5-18-15(13-9-7-6-8-12(13)4)16-14(17)10-19-20(16)11(2)3/h6-11,15,18H,5H2,1-4H3. The van der Waals surface area contributed by atoms with E-state index in [1.54, 1.807) is 6.20 Å². The normalized spacial score (nSPS) is 12.9. The molecule has 2 aromatic rings. The average molecular weight is 292 g/mol. The summed E-state index contributed by atoms with van der Waals surface area (Å²) in [6.07, 6.45) is 1.74. The van der Waals surface area contributed by atoms with Gasteiger partial charge in [-0.15, -0.1) is 0 Å². The molecule has 0 aliphatic rings. The van der Waals surface area contributed by atoms with Crippen LogP contribution in [0.4, 0.5) is 0 Å². The van der Waals surface area contributed by atoms with Crippen LogP contribution in [0.15, 0.2) is 30.5 Å². The summed E-state index contributed by atoms with van der Waals surface area (Å²) < 4.78 is 2.00. The van der Waals surface area contributed by atoms with Gasteiger partial charge in [-0.05, 0) is 38.4 Å². The van der Waals surface area contributed by atoms with Gasteiger partial charge in [0.15, 0.2) is 0 Å². The molecule has 0 saturated heterocycles. The fraction of sp³-hybridized carbons (Fsp3) is 0.438. The minimum absolute atomic E-state index is 0.0681. The minimum Gasteiger partial charge on any atom is -0.305 e. The van der Waals surface area contributed by atoms with E-state index in [1.807, 2.05) is 4.68 Å². The SMILES string of the molecule is CCNC(c1ccccc1C)c1c(Cl)cnn1C(C)C. The Morgan fingerprint density at radius 1 is 1.30 bits per heavy atom. The molecule has 1 unspecified atom stereocenters.